The predicted molar refractivity (Wildman–Crippen MR) is 79.2 cm³/mol. The Morgan fingerprint density at radius 2 is 2.19 bits per heavy atom. The van der Waals surface area contributed by atoms with Gasteiger partial charge in [-0.15, -0.1) is 0 Å². The molecule has 2 atom stereocenters. The first-order valence-electron chi connectivity index (χ1n) is 7.13. The number of amides is 1. The average Bonchev–Trinajstić information content (AvgIpc) is 2.93. The predicted octanol–water partition coefficient (Wildman–Crippen LogP) is 1.70. The van der Waals surface area contributed by atoms with Crippen molar-refractivity contribution in [2.75, 3.05) is 26.0 Å². The Morgan fingerprint density at radius 1 is 1.43 bits per heavy atom. The second-order valence-electron chi connectivity index (χ2n) is 5.65. The van der Waals surface area contributed by atoms with Gasteiger partial charge < -0.3 is 15.3 Å². The zero-order chi connectivity index (χ0) is 15.4. The summed E-state index contributed by atoms with van der Waals surface area (Å²) in [5, 5.41) is 12.4. The monoisotopic (exact) mass is 291 g/mol. The van der Waals surface area contributed by atoms with Gasteiger partial charge in [-0.2, -0.15) is 0 Å². The zero-order valence-electron chi connectivity index (χ0n) is 12.4. The molecule has 0 aliphatic heterocycles. The van der Waals surface area contributed by atoms with Crippen LogP contribution in [0.3, 0.4) is 0 Å². The van der Waals surface area contributed by atoms with Crippen LogP contribution in [0.1, 0.15) is 29.8 Å². The lowest BCUT2D eigenvalue weighted by Gasteiger charge is -2.17. The molecule has 21 heavy (non-hydrogen) atoms. The molecule has 0 spiro atoms. The van der Waals surface area contributed by atoms with E-state index in [-0.39, 0.29) is 17.7 Å². The fourth-order valence-electron chi connectivity index (χ4n) is 2.74. The number of carbonyl (C=O) groups is 2. The van der Waals surface area contributed by atoms with Crippen molar-refractivity contribution < 1.29 is 14.7 Å². The molecule has 1 aliphatic carbocycles. The first-order chi connectivity index (χ1) is 9.99. The minimum Gasteiger partial charge on any atom is -0.481 e. The zero-order valence-corrected chi connectivity index (χ0v) is 12.4. The fraction of sp³-hybridized carbons (Fsp3) is 0.533. The Balaban J connectivity index is 1.99. The molecular weight excluding hydrogens is 270 g/mol. The van der Waals surface area contributed by atoms with E-state index in [4.69, 9.17) is 0 Å². The number of aromatic nitrogens is 1. The van der Waals surface area contributed by atoms with Gasteiger partial charge in [0.05, 0.1) is 5.92 Å². The molecule has 2 N–H and O–H groups in total. The molecule has 1 heterocycles. The molecule has 1 aromatic heterocycles. The number of rotatable bonds is 5. The summed E-state index contributed by atoms with van der Waals surface area (Å²) in [5.41, 5.74) is 1.18. The highest BCUT2D eigenvalue weighted by Crippen LogP contribution is 2.32. The van der Waals surface area contributed by atoms with E-state index in [0.29, 0.717) is 12.2 Å². The molecule has 114 valence electrons. The van der Waals surface area contributed by atoms with Crippen molar-refractivity contribution in [1.29, 1.82) is 0 Å². The fourth-order valence-corrected chi connectivity index (χ4v) is 2.74. The van der Waals surface area contributed by atoms with Crippen molar-refractivity contribution in [3.8, 4) is 0 Å². The summed E-state index contributed by atoms with van der Waals surface area (Å²) in [6.07, 6.45) is 4.23. The number of carbonyl (C=O) groups excluding carboxylic acids is 1. The van der Waals surface area contributed by atoms with E-state index in [1.807, 2.05) is 0 Å². The van der Waals surface area contributed by atoms with Crippen LogP contribution < -0.4 is 5.32 Å². The van der Waals surface area contributed by atoms with Crippen LogP contribution >= 0.6 is 0 Å². The standard InChI is InChI=1S/C15H21N3O3/c1-18(2)14(19)13-8-11(6-7-16-13)17-9-10-4-3-5-12(10)15(20)21/h6-8,10,12H,3-5,9H2,1-2H3,(H,16,17)(H,20,21). The maximum atomic E-state index is 11.9. The Labute approximate surface area is 124 Å². The van der Waals surface area contributed by atoms with Crippen LogP contribution in [0.5, 0.6) is 0 Å². The van der Waals surface area contributed by atoms with Gasteiger partial charge in [-0.1, -0.05) is 6.42 Å². The van der Waals surface area contributed by atoms with E-state index in [9.17, 15) is 14.7 Å². The van der Waals surface area contributed by atoms with Crippen LogP contribution in [0.4, 0.5) is 5.69 Å². The molecular formula is C15H21N3O3. The third-order valence-corrected chi connectivity index (χ3v) is 3.93. The van der Waals surface area contributed by atoms with Gasteiger partial charge in [-0.25, -0.2) is 0 Å². The molecule has 0 radical (unpaired) electrons. The number of anilines is 1. The highest BCUT2D eigenvalue weighted by atomic mass is 16.4. The molecule has 2 rings (SSSR count). The highest BCUT2D eigenvalue weighted by molar-refractivity contribution is 5.92. The second kappa shape index (κ2) is 6.56. The molecule has 0 saturated heterocycles. The van der Waals surface area contributed by atoms with Gasteiger partial charge in [0.25, 0.3) is 5.91 Å². The van der Waals surface area contributed by atoms with Crippen molar-refractivity contribution in [3.63, 3.8) is 0 Å². The molecule has 0 bridgehead atoms. The third-order valence-electron chi connectivity index (χ3n) is 3.93. The van der Waals surface area contributed by atoms with Crippen LogP contribution in [-0.4, -0.2) is 47.5 Å². The lowest BCUT2D eigenvalue weighted by Crippen LogP contribution is -2.25. The van der Waals surface area contributed by atoms with E-state index < -0.39 is 5.97 Å². The van der Waals surface area contributed by atoms with Crippen molar-refractivity contribution in [3.05, 3.63) is 24.0 Å². The lowest BCUT2D eigenvalue weighted by atomic mass is 9.96. The van der Waals surface area contributed by atoms with Crippen molar-refractivity contribution in [2.45, 2.75) is 19.3 Å². The van der Waals surface area contributed by atoms with Crippen LogP contribution in [0.15, 0.2) is 18.3 Å². The van der Waals surface area contributed by atoms with Gasteiger partial charge >= 0.3 is 5.97 Å². The molecule has 6 heteroatoms. The molecule has 2 unspecified atom stereocenters. The van der Waals surface area contributed by atoms with Crippen LogP contribution in [0.2, 0.25) is 0 Å². The molecule has 0 aromatic carbocycles. The number of pyridine rings is 1. The Hall–Kier alpha value is -2.11. The number of carboxylic acids is 1. The van der Waals surface area contributed by atoms with Gasteiger partial charge in [0, 0.05) is 32.5 Å². The first kappa shape index (κ1) is 15.3. The smallest absolute Gasteiger partial charge is 0.306 e. The van der Waals surface area contributed by atoms with E-state index >= 15 is 0 Å². The summed E-state index contributed by atoms with van der Waals surface area (Å²) in [6, 6.07) is 3.49. The lowest BCUT2D eigenvalue weighted by molar-refractivity contribution is -0.142. The number of hydrogen-bond acceptors (Lipinski definition) is 4. The SMILES string of the molecule is CN(C)C(=O)c1cc(NCC2CCCC2C(=O)O)ccn1. The van der Waals surface area contributed by atoms with E-state index in [0.717, 1.165) is 24.9 Å². The summed E-state index contributed by atoms with van der Waals surface area (Å²) in [7, 11) is 3.36. The van der Waals surface area contributed by atoms with Gasteiger partial charge in [-0.05, 0) is 30.9 Å². The van der Waals surface area contributed by atoms with Crippen LogP contribution in [0.25, 0.3) is 0 Å². The largest absolute Gasteiger partial charge is 0.481 e. The molecule has 1 saturated carbocycles. The quantitative estimate of drug-likeness (QED) is 0.862. The van der Waals surface area contributed by atoms with Gasteiger partial charge in [-0.3, -0.25) is 14.6 Å². The van der Waals surface area contributed by atoms with E-state index in [1.54, 1.807) is 32.4 Å². The van der Waals surface area contributed by atoms with Crippen LogP contribution in [-0.2, 0) is 4.79 Å². The minimum absolute atomic E-state index is 0.142. The normalized spacial score (nSPS) is 21.0. The molecule has 1 fully saturated rings. The molecule has 1 aromatic rings. The second-order valence-corrected chi connectivity index (χ2v) is 5.65. The number of nitrogens with one attached hydrogen (secondary N) is 1. The number of hydrogen-bond donors (Lipinski definition) is 2. The summed E-state index contributed by atoms with van der Waals surface area (Å²) < 4.78 is 0. The highest BCUT2D eigenvalue weighted by Gasteiger charge is 2.32. The maximum Gasteiger partial charge on any atom is 0.306 e. The van der Waals surface area contributed by atoms with E-state index in [2.05, 4.69) is 10.3 Å². The van der Waals surface area contributed by atoms with Gasteiger partial charge in [0.15, 0.2) is 0 Å². The maximum absolute atomic E-state index is 11.9. The topological polar surface area (TPSA) is 82.5 Å². The van der Waals surface area contributed by atoms with Gasteiger partial charge in [0.2, 0.25) is 0 Å². The number of aliphatic carboxylic acids is 1. The van der Waals surface area contributed by atoms with Gasteiger partial charge in [0.1, 0.15) is 5.69 Å². The summed E-state index contributed by atoms with van der Waals surface area (Å²) in [5.74, 6) is -0.980. The van der Waals surface area contributed by atoms with Crippen molar-refractivity contribution in [2.24, 2.45) is 11.8 Å². The Bertz CT molecular complexity index is 531. The summed E-state index contributed by atoms with van der Waals surface area (Å²) in [4.78, 5) is 28.5. The molecule has 6 nitrogen and oxygen atoms in total. The number of nitrogens with zero attached hydrogens (tertiary/aromatic N) is 2. The number of carboxylic acid groups (broad SMARTS) is 1. The molecule has 1 aliphatic rings. The Morgan fingerprint density at radius 3 is 2.86 bits per heavy atom. The average molecular weight is 291 g/mol. The molecule has 1 amide bonds. The third kappa shape index (κ3) is 3.71. The summed E-state index contributed by atoms with van der Waals surface area (Å²) in [6.45, 7) is 0.608. The van der Waals surface area contributed by atoms with E-state index in [1.165, 1.54) is 4.90 Å². The summed E-state index contributed by atoms with van der Waals surface area (Å²) >= 11 is 0. The Kier molecular flexibility index (Phi) is 4.77. The van der Waals surface area contributed by atoms with Crippen molar-refractivity contribution >= 4 is 17.6 Å². The van der Waals surface area contributed by atoms with Crippen molar-refractivity contribution in [1.82, 2.24) is 9.88 Å². The van der Waals surface area contributed by atoms with Crippen LogP contribution in [0, 0.1) is 11.8 Å². The first-order valence-corrected chi connectivity index (χ1v) is 7.13. The minimum atomic E-state index is -0.711.